The van der Waals surface area contributed by atoms with E-state index in [2.05, 4.69) is 30.8 Å². The molecule has 0 aliphatic heterocycles. The van der Waals surface area contributed by atoms with Crippen LogP contribution in [0.4, 0.5) is 13.2 Å². The van der Waals surface area contributed by atoms with Gasteiger partial charge >= 0.3 is 6.61 Å². The van der Waals surface area contributed by atoms with Gasteiger partial charge in [-0.1, -0.05) is 5.16 Å². The highest BCUT2D eigenvalue weighted by Gasteiger charge is 2.15. The van der Waals surface area contributed by atoms with Crippen LogP contribution in [0.1, 0.15) is 5.89 Å². The van der Waals surface area contributed by atoms with Gasteiger partial charge in [-0.2, -0.15) is 13.8 Å². The third kappa shape index (κ3) is 4.70. The molecule has 0 saturated carbocycles. The van der Waals surface area contributed by atoms with Gasteiger partial charge in [0.2, 0.25) is 5.82 Å². The van der Waals surface area contributed by atoms with Gasteiger partial charge in [0.25, 0.3) is 5.89 Å². The topological polar surface area (TPSA) is 66.6 Å². The average Bonchev–Trinajstić information content (AvgIpc) is 3.10. The first-order chi connectivity index (χ1) is 13.0. The van der Waals surface area contributed by atoms with E-state index in [-0.39, 0.29) is 29.8 Å². The van der Waals surface area contributed by atoms with Crippen LogP contribution in [-0.2, 0) is 6.61 Å². The molecule has 6 nitrogen and oxygen atoms in total. The third-order valence-corrected chi connectivity index (χ3v) is 3.97. The van der Waals surface area contributed by atoms with Gasteiger partial charge in [0, 0.05) is 5.56 Å². The highest BCUT2D eigenvalue weighted by atomic mass is 79.9. The van der Waals surface area contributed by atoms with E-state index in [0.717, 1.165) is 0 Å². The number of ether oxygens (including phenoxy) is 3. The number of hydrogen-bond acceptors (Lipinski definition) is 6. The van der Waals surface area contributed by atoms with Gasteiger partial charge in [0.1, 0.15) is 11.6 Å². The molecule has 1 aromatic heterocycles. The molecule has 142 valence electrons. The van der Waals surface area contributed by atoms with Crippen molar-refractivity contribution in [3.05, 3.63) is 52.6 Å². The van der Waals surface area contributed by atoms with E-state index in [9.17, 15) is 13.2 Å². The van der Waals surface area contributed by atoms with E-state index in [1.54, 1.807) is 0 Å². The molecule has 0 spiro atoms. The summed E-state index contributed by atoms with van der Waals surface area (Å²) in [6.07, 6.45) is 0. The molecule has 3 rings (SSSR count). The number of nitrogens with zero attached hydrogens (tertiary/aromatic N) is 2. The highest BCUT2D eigenvalue weighted by Crippen LogP contribution is 2.32. The first-order valence-electron chi connectivity index (χ1n) is 7.50. The molecule has 3 aromatic rings. The van der Waals surface area contributed by atoms with Gasteiger partial charge in [0.05, 0.1) is 11.6 Å². The second kappa shape index (κ2) is 8.30. The van der Waals surface area contributed by atoms with E-state index < -0.39 is 12.4 Å². The Balaban J connectivity index is 1.73. The molecule has 0 atom stereocenters. The fourth-order valence-corrected chi connectivity index (χ4v) is 2.63. The van der Waals surface area contributed by atoms with Gasteiger partial charge in [-0.05, 0) is 52.3 Å². The van der Waals surface area contributed by atoms with Gasteiger partial charge in [-0.3, -0.25) is 0 Å². The summed E-state index contributed by atoms with van der Waals surface area (Å²) in [5, 5.41) is 3.82. The molecule has 0 amide bonds. The standard InChI is InChI=1S/C17H12BrF3N2O4/c1-24-14-6-9(2-4-13(14)26-17(20)21)16-22-15(27-23-16)8-25-12-5-3-10(19)7-11(12)18/h2-7,17H,8H2,1H3. The van der Waals surface area contributed by atoms with Gasteiger partial charge in [-0.15, -0.1) is 0 Å². The summed E-state index contributed by atoms with van der Waals surface area (Å²) in [5.41, 5.74) is 0.478. The summed E-state index contributed by atoms with van der Waals surface area (Å²) in [6.45, 7) is -3.01. The maximum absolute atomic E-state index is 13.1. The summed E-state index contributed by atoms with van der Waals surface area (Å²) in [6, 6.07) is 8.25. The van der Waals surface area contributed by atoms with Gasteiger partial charge in [-0.25, -0.2) is 4.39 Å². The zero-order valence-electron chi connectivity index (χ0n) is 13.8. The van der Waals surface area contributed by atoms with E-state index in [1.807, 2.05) is 0 Å². The van der Waals surface area contributed by atoms with Crippen LogP contribution in [0.15, 0.2) is 45.4 Å². The normalized spacial score (nSPS) is 10.9. The van der Waals surface area contributed by atoms with Gasteiger partial charge < -0.3 is 18.7 Å². The minimum Gasteiger partial charge on any atom is -0.493 e. The molecule has 27 heavy (non-hydrogen) atoms. The molecular formula is C17H12BrF3N2O4. The Labute approximate surface area is 160 Å². The van der Waals surface area contributed by atoms with E-state index in [0.29, 0.717) is 15.8 Å². The molecule has 2 aromatic carbocycles. The zero-order chi connectivity index (χ0) is 19.4. The molecule has 0 unspecified atom stereocenters. The number of rotatable bonds is 7. The average molecular weight is 445 g/mol. The summed E-state index contributed by atoms with van der Waals surface area (Å²) < 4.78 is 58.3. The summed E-state index contributed by atoms with van der Waals surface area (Å²) in [7, 11) is 1.33. The molecular weight excluding hydrogens is 433 g/mol. The maximum Gasteiger partial charge on any atom is 0.387 e. The van der Waals surface area contributed by atoms with Crippen molar-refractivity contribution in [1.29, 1.82) is 0 Å². The largest absolute Gasteiger partial charge is 0.493 e. The fraction of sp³-hybridized carbons (Fsp3) is 0.176. The first-order valence-corrected chi connectivity index (χ1v) is 8.29. The predicted molar refractivity (Wildman–Crippen MR) is 91.4 cm³/mol. The lowest BCUT2D eigenvalue weighted by Crippen LogP contribution is -2.03. The molecule has 0 fully saturated rings. The van der Waals surface area contributed by atoms with Crippen molar-refractivity contribution in [3.8, 4) is 28.6 Å². The summed E-state index contributed by atoms with van der Waals surface area (Å²) in [5.74, 6) is 0.394. The number of alkyl halides is 2. The first kappa shape index (κ1) is 19.0. The van der Waals surface area contributed by atoms with Crippen LogP contribution >= 0.6 is 15.9 Å². The molecule has 0 N–H and O–H groups in total. The van der Waals surface area contributed by atoms with Crippen molar-refractivity contribution in [2.24, 2.45) is 0 Å². The second-order valence-electron chi connectivity index (χ2n) is 5.12. The molecule has 10 heteroatoms. The number of aromatic nitrogens is 2. The van der Waals surface area contributed by atoms with Crippen LogP contribution in [0, 0.1) is 5.82 Å². The molecule has 0 saturated heterocycles. The number of methoxy groups -OCH3 is 1. The van der Waals surface area contributed by atoms with Crippen LogP contribution in [-0.4, -0.2) is 23.9 Å². The van der Waals surface area contributed by atoms with Crippen molar-refractivity contribution >= 4 is 15.9 Å². The molecule has 0 aliphatic carbocycles. The molecule has 1 heterocycles. The van der Waals surface area contributed by atoms with Crippen molar-refractivity contribution < 1.29 is 31.9 Å². The number of benzene rings is 2. The van der Waals surface area contributed by atoms with E-state index >= 15 is 0 Å². The molecule has 0 radical (unpaired) electrons. The van der Waals surface area contributed by atoms with Crippen LogP contribution in [0.2, 0.25) is 0 Å². The monoisotopic (exact) mass is 444 g/mol. The van der Waals surface area contributed by atoms with Gasteiger partial charge in [0.15, 0.2) is 18.1 Å². The third-order valence-electron chi connectivity index (χ3n) is 3.35. The summed E-state index contributed by atoms with van der Waals surface area (Å²) >= 11 is 3.19. The molecule has 0 bridgehead atoms. The lowest BCUT2D eigenvalue weighted by Gasteiger charge is -2.10. The Morgan fingerprint density at radius 1 is 1.11 bits per heavy atom. The highest BCUT2D eigenvalue weighted by molar-refractivity contribution is 9.10. The minimum atomic E-state index is -2.97. The Hall–Kier alpha value is -2.75. The van der Waals surface area contributed by atoms with Crippen molar-refractivity contribution in [2.45, 2.75) is 13.2 Å². The predicted octanol–water partition coefficient (Wildman–Crippen LogP) is 4.83. The van der Waals surface area contributed by atoms with Crippen LogP contribution in [0.5, 0.6) is 17.2 Å². The van der Waals surface area contributed by atoms with Crippen molar-refractivity contribution in [1.82, 2.24) is 10.1 Å². The van der Waals surface area contributed by atoms with Crippen LogP contribution < -0.4 is 14.2 Å². The fourth-order valence-electron chi connectivity index (χ4n) is 2.16. The lowest BCUT2D eigenvalue weighted by molar-refractivity contribution is -0.0512. The zero-order valence-corrected chi connectivity index (χ0v) is 15.4. The van der Waals surface area contributed by atoms with Crippen LogP contribution in [0.3, 0.4) is 0 Å². The van der Waals surface area contributed by atoms with E-state index in [1.165, 1.54) is 43.5 Å². The SMILES string of the molecule is COc1cc(-c2noc(COc3ccc(F)cc3Br)n2)ccc1OC(F)F. The second-order valence-corrected chi connectivity index (χ2v) is 5.97. The van der Waals surface area contributed by atoms with E-state index in [4.69, 9.17) is 14.0 Å². The minimum absolute atomic E-state index is 0.0407. The number of hydrogen-bond donors (Lipinski definition) is 0. The van der Waals surface area contributed by atoms with Crippen LogP contribution in [0.25, 0.3) is 11.4 Å². The Morgan fingerprint density at radius 2 is 1.89 bits per heavy atom. The maximum atomic E-state index is 13.1. The van der Waals surface area contributed by atoms with Crippen molar-refractivity contribution in [2.75, 3.05) is 7.11 Å². The molecule has 0 aliphatic rings. The lowest BCUT2D eigenvalue weighted by atomic mass is 10.2. The Morgan fingerprint density at radius 3 is 2.59 bits per heavy atom. The quantitative estimate of drug-likeness (QED) is 0.519. The Kier molecular flexibility index (Phi) is 5.84. The smallest absolute Gasteiger partial charge is 0.387 e. The summed E-state index contributed by atoms with van der Waals surface area (Å²) in [4.78, 5) is 4.17. The number of halogens is 4. The van der Waals surface area contributed by atoms with Crippen molar-refractivity contribution in [3.63, 3.8) is 0 Å². The Bertz CT molecular complexity index is 936.